The van der Waals surface area contributed by atoms with Crippen LogP contribution in [-0.4, -0.2) is 47.7 Å². The lowest BCUT2D eigenvalue weighted by Gasteiger charge is -2.37. The van der Waals surface area contributed by atoms with E-state index in [4.69, 9.17) is 9.98 Å². The summed E-state index contributed by atoms with van der Waals surface area (Å²) in [5, 5.41) is 5.13. The zero-order valence-corrected chi connectivity index (χ0v) is 16.5. The van der Waals surface area contributed by atoms with Gasteiger partial charge in [-0.25, -0.2) is 9.98 Å². The number of benzene rings is 4. The predicted molar refractivity (Wildman–Crippen MR) is 123 cm³/mol. The molecule has 144 valence electrons. The molecule has 3 aliphatic rings. The Labute approximate surface area is 174 Å². The molecule has 4 aromatic carbocycles. The quantitative estimate of drug-likeness (QED) is 0.420. The van der Waals surface area contributed by atoms with E-state index in [-0.39, 0.29) is 0 Å². The second-order valence-corrected chi connectivity index (χ2v) is 8.21. The van der Waals surface area contributed by atoms with Gasteiger partial charge in [-0.05, 0) is 22.9 Å². The molecule has 0 bridgehead atoms. The summed E-state index contributed by atoms with van der Waals surface area (Å²) in [6.45, 7) is 3.81. The zero-order valence-electron chi connectivity index (χ0n) is 16.5. The van der Waals surface area contributed by atoms with Crippen LogP contribution in [0.3, 0.4) is 0 Å². The van der Waals surface area contributed by atoms with Gasteiger partial charge in [-0.2, -0.15) is 0 Å². The normalized spacial score (nSPS) is 17.1. The van der Waals surface area contributed by atoms with Gasteiger partial charge in [0.25, 0.3) is 0 Å². The van der Waals surface area contributed by atoms with E-state index >= 15 is 0 Å². The molecule has 0 N–H and O–H groups in total. The minimum Gasteiger partial charge on any atom is -0.353 e. The fourth-order valence-corrected chi connectivity index (χ4v) is 5.16. The van der Waals surface area contributed by atoms with Crippen molar-refractivity contribution in [1.29, 1.82) is 0 Å². The van der Waals surface area contributed by atoms with Gasteiger partial charge >= 0.3 is 0 Å². The van der Waals surface area contributed by atoms with Gasteiger partial charge in [-0.15, -0.1) is 0 Å². The van der Waals surface area contributed by atoms with Gasteiger partial charge in [0.05, 0.1) is 11.4 Å². The highest BCUT2D eigenvalue weighted by Crippen LogP contribution is 2.38. The Balaban J connectivity index is 1.18. The van der Waals surface area contributed by atoms with Gasteiger partial charge in [0.1, 0.15) is 11.7 Å². The van der Waals surface area contributed by atoms with E-state index in [1.54, 1.807) is 0 Å². The van der Waals surface area contributed by atoms with Gasteiger partial charge < -0.3 is 9.80 Å². The molecule has 1 saturated heterocycles. The van der Waals surface area contributed by atoms with Gasteiger partial charge in [-0.1, -0.05) is 60.7 Å². The summed E-state index contributed by atoms with van der Waals surface area (Å²) in [5.41, 5.74) is 4.74. The van der Waals surface area contributed by atoms with Crippen LogP contribution < -0.4 is 0 Å². The first-order valence-electron chi connectivity index (χ1n) is 10.6. The first kappa shape index (κ1) is 16.2. The number of amidine groups is 2. The molecule has 0 aromatic heterocycles. The number of piperazine rings is 1. The summed E-state index contributed by atoms with van der Waals surface area (Å²) < 4.78 is 0. The monoisotopic (exact) mass is 388 g/mol. The molecule has 4 aromatic rings. The van der Waals surface area contributed by atoms with Crippen molar-refractivity contribution in [3.05, 3.63) is 83.9 Å². The molecule has 3 aliphatic heterocycles. The summed E-state index contributed by atoms with van der Waals surface area (Å²) >= 11 is 0. The number of hydrogen-bond donors (Lipinski definition) is 0. The van der Waals surface area contributed by atoms with Crippen LogP contribution in [-0.2, 0) is 0 Å². The molecule has 3 heterocycles. The third-order valence-electron chi connectivity index (χ3n) is 6.58. The maximum atomic E-state index is 5.00. The smallest absolute Gasteiger partial charge is 0.137 e. The van der Waals surface area contributed by atoms with E-state index in [0.717, 1.165) is 49.2 Å². The van der Waals surface area contributed by atoms with Crippen molar-refractivity contribution in [2.45, 2.75) is 0 Å². The topological polar surface area (TPSA) is 31.2 Å². The average molecular weight is 388 g/mol. The molecule has 7 rings (SSSR count). The van der Waals surface area contributed by atoms with Crippen LogP contribution >= 0.6 is 0 Å². The van der Waals surface area contributed by atoms with Crippen LogP contribution in [0, 0.1) is 0 Å². The summed E-state index contributed by atoms with van der Waals surface area (Å²) in [4.78, 5) is 14.9. The maximum Gasteiger partial charge on any atom is 0.137 e. The second-order valence-electron chi connectivity index (χ2n) is 8.21. The standard InChI is InChI=1S/C26H20N4/c1-5-17-7-3-11-21-23(17)19(9-1)25(27-21)29-13-15-30(16-14-29)26-20-10-2-6-18-8-4-12-22(28-26)24(18)20/h1-12H,13-16H2. The van der Waals surface area contributed by atoms with E-state index in [9.17, 15) is 0 Å². The van der Waals surface area contributed by atoms with E-state index < -0.39 is 0 Å². The van der Waals surface area contributed by atoms with Crippen LogP contribution in [0.25, 0.3) is 21.5 Å². The average Bonchev–Trinajstić information content (AvgIpc) is 3.37. The minimum absolute atomic E-state index is 0.953. The van der Waals surface area contributed by atoms with Crippen LogP contribution in [0.4, 0.5) is 11.4 Å². The molecule has 4 heteroatoms. The van der Waals surface area contributed by atoms with E-state index in [1.807, 2.05) is 0 Å². The molecule has 0 saturated carbocycles. The predicted octanol–water partition coefficient (Wildman–Crippen LogP) is 5.09. The van der Waals surface area contributed by atoms with E-state index in [2.05, 4.69) is 82.6 Å². The summed E-state index contributed by atoms with van der Waals surface area (Å²) in [6, 6.07) is 25.9. The van der Waals surface area contributed by atoms with Crippen LogP contribution in [0.5, 0.6) is 0 Å². The molecule has 0 aliphatic carbocycles. The van der Waals surface area contributed by atoms with Gasteiger partial charge in [0.15, 0.2) is 0 Å². The lowest BCUT2D eigenvalue weighted by molar-refractivity contribution is 0.260. The fraction of sp³-hybridized carbons (Fsp3) is 0.154. The van der Waals surface area contributed by atoms with Crippen LogP contribution in [0.2, 0.25) is 0 Å². The Kier molecular flexibility index (Phi) is 3.19. The number of nitrogens with zero attached hydrogens (tertiary/aromatic N) is 4. The summed E-state index contributed by atoms with van der Waals surface area (Å²) in [6.07, 6.45) is 0. The molecule has 0 unspecified atom stereocenters. The fourth-order valence-electron chi connectivity index (χ4n) is 5.16. The highest BCUT2D eigenvalue weighted by atomic mass is 15.3. The van der Waals surface area contributed by atoms with Gasteiger partial charge in [0.2, 0.25) is 0 Å². The van der Waals surface area contributed by atoms with Gasteiger partial charge in [0, 0.05) is 48.1 Å². The largest absolute Gasteiger partial charge is 0.353 e. The Bertz CT molecular complexity index is 1290. The molecule has 0 spiro atoms. The number of aliphatic imine (C=N–C) groups is 2. The Morgan fingerprint density at radius 1 is 0.500 bits per heavy atom. The van der Waals surface area contributed by atoms with Crippen molar-refractivity contribution in [2.24, 2.45) is 9.98 Å². The second kappa shape index (κ2) is 5.92. The number of hydrogen-bond acceptors (Lipinski definition) is 4. The molecule has 1 fully saturated rings. The lowest BCUT2D eigenvalue weighted by Crippen LogP contribution is -2.50. The molecule has 0 amide bonds. The molecule has 0 radical (unpaired) electrons. The summed E-state index contributed by atoms with van der Waals surface area (Å²) in [7, 11) is 0. The Morgan fingerprint density at radius 2 is 0.900 bits per heavy atom. The molecule has 0 atom stereocenters. The van der Waals surface area contributed by atoms with Crippen molar-refractivity contribution < 1.29 is 0 Å². The van der Waals surface area contributed by atoms with Crippen LogP contribution in [0.15, 0.2) is 82.8 Å². The van der Waals surface area contributed by atoms with Crippen molar-refractivity contribution in [3.63, 3.8) is 0 Å². The van der Waals surface area contributed by atoms with E-state index in [1.165, 1.54) is 32.7 Å². The SMILES string of the molecule is c1cc2c3c(cccc3c1)C(N1CCN(C3=Nc4cccc5cccc3c45)CC1)=N2. The Hall–Kier alpha value is -3.66. The van der Waals surface area contributed by atoms with Gasteiger partial charge in [-0.3, -0.25) is 0 Å². The zero-order chi connectivity index (χ0) is 19.7. The van der Waals surface area contributed by atoms with Crippen molar-refractivity contribution in [2.75, 3.05) is 26.2 Å². The lowest BCUT2D eigenvalue weighted by atomic mass is 10.0. The van der Waals surface area contributed by atoms with Crippen LogP contribution in [0.1, 0.15) is 11.1 Å². The third-order valence-corrected chi connectivity index (χ3v) is 6.58. The Morgan fingerprint density at radius 3 is 1.33 bits per heavy atom. The maximum absolute atomic E-state index is 5.00. The molecule has 4 nitrogen and oxygen atoms in total. The first-order valence-corrected chi connectivity index (χ1v) is 10.6. The molecular formula is C26H20N4. The highest BCUT2D eigenvalue weighted by molar-refractivity contribution is 6.20. The highest BCUT2D eigenvalue weighted by Gasteiger charge is 2.29. The molecule has 30 heavy (non-hydrogen) atoms. The summed E-state index contributed by atoms with van der Waals surface area (Å²) in [5.74, 6) is 2.25. The van der Waals surface area contributed by atoms with Crippen molar-refractivity contribution >= 4 is 44.6 Å². The minimum atomic E-state index is 0.953. The number of rotatable bonds is 0. The van der Waals surface area contributed by atoms with E-state index in [0.29, 0.717) is 0 Å². The van der Waals surface area contributed by atoms with Crippen molar-refractivity contribution in [1.82, 2.24) is 9.80 Å². The first-order chi connectivity index (χ1) is 14.9. The molecular weight excluding hydrogens is 368 g/mol. The van der Waals surface area contributed by atoms with Crippen molar-refractivity contribution in [3.8, 4) is 0 Å². The third kappa shape index (κ3) is 2.16.